The van der Waals surface area contributed by atoms with E-state index in [-0.39, 0.29) is 17.9 Å². The summed E-state index contributed by atoms with van der Waals surface area (Å²) >= 11 is 6.29. The van der Waals surface area contributed by atoms with Crippen LogP contribution in [0, 0.1) is 5.41 Å². The third-order valence-corrected chi connectivity index (χ3v) is 5.12. The first-order valence-corrected chi connectivity index (χ1v) is 10.3. The highest BCUT2D eigenvalue weighted by Crippen LogP contribution is 2.27. The van der Waals surface area contributed by atoms with E-state index in [2.05, 4.69) is 29.6 Å². The molecule has 0 saturated carbocycles. The molecule has 1 heterocycles. The standard InChI is InChI=1S/C23H27ClN4O2/c1-14(2)28-20-8-6-7-19(17(20)13-26-28)27-21(29)16-11-15(9-10-18(16)24)12-25-22(30)23(3,4)5/h6-11,13-14H,12H2,1-5H3,(H,25,30)(H,27,29). The van der Waals surface area contributed by atoms with Crippen LogP contribution in [0.4, 0.5) is 5.69 Å². The van der Waals surface area contributed by atoms with Crippen LogP contribution in [0.25, 0.3) is 10.9 Å². The van der Waals surface area contributed by atoms with Crippen molar-refractivity contribution in [1.82, 2.24) is 15.1 Å². The third-order valence-electron chi connectivity index (χ3n) is 4.79. The van der Waals surface area contributed by atoms with E-state index in [1.54, 1.807) is 24.4 Å². The van der Waals surface area contributed by atoms with Crippen molar-refractivity contribution in [1.29, 1.82) is 0 Å². The van der Waals surface area contributed by atoms with E-state index in [1.165, 1.54) is 0 Å². The van der Waals surface area contributed by atoms with Gasteiger partial charge >= 0.3 is 0 Å². The van der Waals surface area contributed by atoms with Crippen molar-refractivity contribution in [2.75, 3.05) is 5.32 Å². The lowest BCUT2D eigenvalue weighted by molar-refractivity contribution is -0.128. The van der Waals surface area contributed by atoms with Crippen LogP contribution in [0.2, 0.25) is 5.02 Å². The minimum absolute atomic E-state index is 0.0581. The Hall–Kier alpha value is -2.86. The van der Waals surface area contributed by atoms with E-state index in [0.717, 1.165) is 16.5 Å². The van der Waals surface area contributed by atoms with Crippen LogP contribution in [-0.2, 0) is 11.3 Å². The van der Waals surface area contributed by atoms with Gasteiger partial charge in [0.1, 0.15) is 0 Å². The number of carbonyl (C=O) groups is 2. The molecule has 0 aliphatic heterocycles. The van der Waals surface area contributed by atoms with Crippen molar-refractivity contribution >= 4 is 40.0 Å². The number of nitrogens with zero attached hydrogens (tertiary/aromatic N) is 2. The third kappa shape index (κ3) is 4.65. The maximum Gasteiger partial charge on any atom is 0.257 e. The Morgan fingerprint density at radius 1 is 1.17 bits per heavy atom. The van der Waals surface area contributed by atoms with Gasteiger partial charge in [-0.15, -0.1) is 0 Å². The smallest absolute Gasteiger partial charge is 0.257 e. The first kappa shape index (κ1) is 21.8. The zero-order valence-corrected chi connectivity index (χ0v) is 18.7. The topological polar surface area (TPSA) is 76.0 Å². The van der Waals surface area contributed by atoms with Gasteiger partial charge in [-0.1, -0.05) is 44.5 Å². The Kier molecular flexibility index (Phi) is 6.17. The number of anilines is 1. The molecule has 0 fully saturated rings. The quantitative estimate of drug-likeness (QED) is 0.589. The number of fused-ring (bicyclic) bond motifs is 1. The highest BCUT2D eigenvalue weighted by molar-refractivity contribution is 6.34. The number of halogens is 1. The monoisotopic (exact) mass is 426 g/mol. The van der Waals surface area contributed by atoms with Gasteiger partial charge in [-0.2, -0.15) is 5.10 Å². The molecular formula is C23H27ClN4O2. The molecule has 0 atom stereocenters. The molecule has 6 nitrogen and oxygen atoms in total. The van der Waals surface area contributed by atoms with Crippen LogP contribution < -0.4 is 10.6 Å². The minimum Gasteiger partial charge on any atom is -0.352 e. The van der Waals surface area contributed by atoms with Gasteiger partial charge in [0, 0.05) is 23.4 Å². The molecule has 0 saturated heterocycles. The highest BCUT2D eigenvalue weighted by atomic mass is 35.5. The van der Waals surface area contributed by atoms with Gasteiger partial charge in [0.15, 0.2) is 0 Å². The summed E-state index contributed by atoms with van der Waals surface area (Å²) in [6.45, 7) is 9.99. The summed E-state index contributed by atoms with van der Waals surface area (Å²) in [6.07, 6.45) is 1.75. The number of nitrogens with one attached hydrogen (secondary N) is 2. The first-order chi connectivity index (χ1) is 14.1. The van der Waals surface area contributed by atoms with Crippen molar-refractivity contribution in [2.24, 2.45) is 5.41 Å². The number of hydrogen-bond acceptors (Lipinski definition) is 3. The summed E-state index contributed by atoms with van der Waals surface area (Å²) in [6, 6.07) is 11.1. The molecule has 158 valence electrons. The van der Waals surface area contributed by atoms with Gasteiger partial charge in [0.25, 0.3) is 5.91 Å². The molecule has 0 spiro atoms. The first-order valence-electron chi connectivity index (χ1n) is 9.92. The largest absolute Gasteiger partial charge is 0.352 e. The SMILES string of the molecule is CC(C)n1ncc2c(NC(=O)c3cc(CNC(=O)C(C)(C)C)ccc3Cl)cccc21. The fourth-order valence-corrected chi connectivity index (χ4v) is 3.29. The number of benzene rings is 2. The summed E-state index contributed by atoms with van der Waals surface area (Å²) < 4.78 is 1.91. The van der Waals surface area contributed by atoms with E-state index in [9.17, 15) is 9.59 Å². The molecule has 3 aromatic rings. The van der Waals surface area contributed by atoms with Crippen LogP contribution in [0.1, 0.15) is 56.6 Å². The van der Waals surface area contributed by atoms with Gasteiger partial charge in [-0.05, 0) is 43.7 Å². The molecule has 2 aromatic carbocycles. The summed E-state index contributed by atoms with van der Waals surface area (Å²) in [5, 5.41) is 11.5. The Morgan fingerprint density at radius 3 is 2.57 bits per heavy atom. The van der Waals surface area contributed by atoms with Crippen molar-refractivity contribution in [3.05, 3.63) is 58.7 Å². The molecule has 2 amide bonds. The number of carbonyl (C=O) groups excluding carboxylic acids is 2. The summed E-state index contributed by atoms with van der Waals surface area (Å²) in [5.74, 6) is -0.369. The molecule has 2 N–H and O–H groups in total. The fraction of sp³-hybridized carbons (Fsp3) is 0.348. The lowest BCUT2D eigenvalue weighted by Gasteiger charge is -2.18. The van der Waals surface area contributed by atoms with Crippen molar-refractivity contribution in [3.8, 4) is 0 Å². The van der Waals surface area contributed by atoms with Gasteiger partial charge in [-0.3, -0.25) is 14.3 Å². The Balaban J connectivity index is 1.82. The number of aromatic nitrogens is 2. The van der Waals surface area contributed by atoms with E-state index >= 15 is 0 Å². The Labute approximate surface area is 181 Å². The zero-order valence-electron chi connectivity index (χ0n) is 17.9. The second-order valence-corrected chi connectivity index (χ2v) is 9.03. The van der Waals surface area contributed by atoms with Gasteiger partial charge < -0.3 is 10.6 Å². The molecule has 3 rings (SSSR count). The van der Waals surface area contributed by atoms with Crippen molar-refractivity contribution in [3.63, 3.8) is 0 Å². The van der Waals surface area contributed by atoms with Crippen LogP contribution >= 0.6 is 11.6 Å². The van der Waals surface area contributed by atoms with Crippen molar-refractivity contribution < 1.29 is 9.59 Å². The number of hydrogen-bond donors (Lipinski definition) is 2. The average molecular weight is 427 g/mol. The second kappa shape index (κ2) is 8.48. The molecule has 0 aliphatic rings. The molecule has 0 unspecified atom stereocenters. The summed E-state index contributed by atoms with van der Waals surface area (Å²) in [5.41, 5.74) is 2.30. The highest BCUT2D eigenvalue weighted by Gasteiger charge is 2.21. The second-order valence-electron chi connectivity index (χ2n) is 8.62. The maximum atomic E-state index is 13.0. The molecule has 30 heavy (non-hydrogen) atoms. The van der Waals surface area contributed by atoms with Crippen LogP contribution in [-0.4, -0.2) is 21.6 Å². The Bertz CT molecular complexity index is 1100. The van der Waals surface area contributed by atoms with Crippen molar-refractivity contribution in [2.45, 2.75) is 47.2 Å². The molecule has 1 aromatic heterocycles. The average Bonchev–Trinajstić information content (AvgIpc) is 3.11. The molecule has 0 aliphatic carbocycles. The maximum absolute atomic E-state index is 13.0. The van der Waals surface area contributed by atoms with E-state index in [4.69, 9.17) is 11.6 Å². The summed E-state index contributed by atoms with van der Waals surface area (Å²) in [7, 11) is 0. The van der Waals surface area contributed by atoms with Gasteiger partial charge in [0.2, 0.25) is 5.91 Å². The van der Waals surface area contributed by atoms with E-state index in [1.807, 2.05) is 43.7 Å². The van der Waals surface area contributed by atoms with E-state index < -0.39 is 5.41 Å². The molecule has 7 heteroatoms. The van der Waals surface area contributed by atoms with Crippen LogP contribution in [0.3, 0.4) is 0 Å². The number of amides is 2. The van der Waals surface area contributed by atoms with Crippen LogP contribution in [0.15, 0.2) is 42.6 Å². The fourth-order valence-electron chi connectivity index (χ4n) is 3.08. The lowest BCUT2D eigenvalue weighted by Crippen LogP contribution is -2.34. The minimum atomic E-state index is -0.480. The summed E-state index contributed by atoms with van der Waals surface area (Å²) in [4.78, 5) is 25.1. The zero-order chi connectivity index (χ0) is 22.1. The predicted octanol–water partition coefficient (Wildman–Crippen LogP) is 5.19. The van der Waals surface area contributed by atoms with E-state index in [0.29, 0.717) is 22.8 Å². The lowest BCUT2D eigenvalue weighted by atomic mass is 9.95. The molecule has 0 radical (unpaired) electrons. The number of rotatable bonds is 5. The predicted molar refractivity (Wildman–Crippen MR) is 121 cm³/mol. The normalized spacial score (nSPS) is 11.7. The van der Waals surface area contributed by atoms with Gasteiger partial charge in [-0.25, -0.2) is 0 Å². The van der Waals surface area contributed by atoms with Crippen LogP contribution in [0.5, 0.6) is 0 Å². The molecule has 0 bridgehead atoms. The molecular weight excluding hydrogens is 400 g/mol. The Morgan fingerprint density at radius 2 is 1.90 bits per heavy atom. The van der Waals surface area contributed by atoms with Gasteiger partial charge in [0.05, 0.1) is 28.0 Å².